The summed E-state index contributed by atoms with van der Waals surface area (Å²) >= 11 is 0. The van der Waals surface area contributed by atoms with E-state index in [1.54, 1.807) is 0 Å². The maximum absolute atomic E-state index is 14.9. The first-order chi connectivity index (χ1) is 19.4. The van der Waals surface area contributed by atoms with Crippen LogP contribution in [0.5, 0.6) is 5.88 Å². The van der Waals surface area contributed by atoms with Crippen molar-refractivity contribution in [3.8, 4) is 17.1 Å². The molecule has 4 aromatic rings. The Morgan fingerprint density at radius 1 is 1.15 bits per heavy atom. The van der Waals surface area contributed by atoms with Gasteiger partial charge in [0.05, 0.1) is 36.6 Å². The number of nitrogen functional groups attached to an aromatic ring is 1. The number of anilines is 1. The van der Waals surface area contributed by atoms with Crippen LogP contribution in [0.2, 0.25) is 0 Å². The van der Waals surface area contributed by atoms with Gasteiger partial charge in [-0.05, 0) is 43.3 Å². The van der Waals surface area contributed by atoms with Gasteiger partial charge in [-0.1, -0.05) is 0 Å². The van der Waals surface area contributed by atoms with Crippen LogP contribution in [0.3, 0.4) is 0 Å². The van der Waals surface area contributed by atoms with E-state index in [-0.39, 0.29) is 47.0 Å². The highest BCUT2D eigenvalue weighted by molar-refractivity contribution is 5.98. The monoisotopic (exact) mass is 575 g/mol. The Kier molecular flexibility index (Phi) is 6.97. The Bertz CT molecular complexity index is 1660. The predicted octanol–water partition coefficient (Wildman–Crippen LogP) is 3.44. The van der Waals surface area contributed by atoms with Crippen molar-refractivity contribution in [3.63, 3.8) is 0 Å². The first-order valence-electron chi connectivity index (χ1n) is 12.1. The number of rotatable bonds is 5. The minimum absolute atomic E-state index is 0.0663. The zero-order valence-corrected chi connectivity index (χ0v) is 21.5. The number of likely N-dealkylation sites (tertiary alicyclic amines) is 1. The normalized spacial score (nSPS) is 17.2. The first-order valence-corrected chi connectivity index (χ1v) is 12.1. The molecule has 2 atom stereocenters. The van der Waals surface area contributed by atoms with Crippen LogP contribution >= 0.6 is 0 Å². The molecule has 214 valence electrons. The molecule has 5 rings (SSSR count). The number of methoxy groups -OCH3 is 1. The van der Waals surface area contributed by atoms with Crippen LogP contribution in [-0.2, 0) is 6.18 Å². The minimum Gasteiger partial charge on any atom is -0.480 e. The van der Waals surface area contributed by atoms with Crippen molar-refractivity contribution in [1.82, 2.24) is 29.8 Å². The Morgan fingerprint density at radius 3 is 2.51 bits per heavy atom. The summed E-state index contributed by atoms with van der Waals surface area (Å²) in [7, 11) is 1.25. The highest BCUT2D eigenvalue weighted by atomic mass is 19.4. The van der Waals surface area contributed by atoms with Crippen molar-refractivity contribution >= 4 is 23.1 Å². The lowest BCUT2D eigenvalue weighted by atomic mass is 10.1. The fraction of sp³-hybridized carbons (Fsp3) is 0.269. The molecule has 1 aliphatic heterocycles. The molecule has 1 unspecified atom stereocenters. The molecule has 1 saturated heterocycles. The molecule has 0 radical (unpaired) electrons. The molecule has 10 nitrogen and oxygen atoms in total. The summed E-state index contributed by atoms with van der Waals surface area (Å²) in [5, 5.41) is 6.44. The molecular formula is C26H22F5N7O3. The Morgan fingerprint density at radius 2 is 1.85 bits per heavy atom. The van der Waals surface area contributed by atoms with E-state index in [2.05, 4.69) is 20.4 Å². The van der Waals surface area contributed by atoms with Crippen LogP contribution in [0.1, 0.15) is 32.0 Å². The number of fused-ring (bicyclic) bond motifs is 1. The molecule has 0 bridgehead atoms. The smallest absolute Gasteiger partial charge is 0.418 e. The number of hydrogen-bond acceptors (Lipinski definition) is 7. The maximum atomic E-state index is 14.9. The lowest BCUT2D eigenvalue weighted by Gasteiger charge is -2.18. The zero-order valence-electron chi connectivity index (χ0n) is 21.5. The largest absolute Gasteiger partial charge is 0.480 e. The van der Waals surface area contributed by atoms with E-state index in [0.29, 0.717) is 0 Å². The van der Waals surface area contributed by atoms with Crippen molar-refractivity contribution in [2.75, 3.05) is 25.9 Å². The zero-order chi connectivity index (χ0) is 29.6. The van der Waals surface area contributed by atoms with Crippen LogP contribution < -0.4 is 15.8 Å². The van der Waals surface area contributed by atoms with Crippen molar-refractivity contribution < 1.29 is 36.3 Å². The summed E-state index contributed by atoms with van der Waals surface area (Å²) in [5.41, 5.74) is 4.41. The van der Waals surface area contributed by atoms with Crippen molar-refractivity contribution in [2.45, 2.75) is 25.3 Å². The van der Waals surface area contributed by atoms with Gasteiger partial charge in [-0.15, -0.1) is 0 Å². The minimum atomic E-state index is -4.79. The molecule has 0 saturated carbocycles. The average Bonchev–Trinajstić information content (AvgIpc) is 3.50. The molecule has 1 aliphatic rings. The van der Waals surface area contributed by atoms with Gasteiger partial charge in [0, 0.05) is 17.7 Å². The van der Waals surface area contributed by atoms with Crippen molar-refractivity contribution in [3.05, 3.63) is 70.9 Å². The van der Waals surface area contributed by atoms with Gasteiger partial charge in [0.15, 0.2) is 5.82 Å². The van der Waals surface area contributed by atoms with Gasteiger partial charge in [-0.3, -0.25) is 9.59 Å². The molecule has 41 heavy (non-hydrogen) atoms. The number of nitrogens with zero attached hydrogens (tertiary/aromatic N) is 5. The lowest BCUT2D eigenvalue weighted by Crippen LogP contribution is -2.42. The summed E-state index contributed by atoms with van der Waals surface area (Å²) in [6.07, 6.45) is -5.42. The molecule has 3 N–H and O–H groups in total. The van der Waals surface area contributed by atoms with E-state index in [1.807, 2.05) is 0 Å². The van der Waals surface area contributed by atoms with E-state index in [4.69, 9.17) is 10.5 Å². The number of nitrogens with two attached hydrogens (primary N) is 1. The number of ether oxygens (including phenoxy) is 1. The number of alkyl halides is 4. The van der Waals surface area contributed by atoms with Gasteiger partial charge in [0.1, 0.15) is 29.4 Å². The molecule has 3 aromatic heterocycles. The van der Waals surface area contributed by atoms with Gasteiger partial charge in [-0.25, -0.2) is 23.3 Å². The summed E-state index contributed by atoms with van der Waals surface area (Å²) in [6.45, 7) is 1.02. The number of benzene rings is 1. The second-order valence-electron chi connectivity index (χ2n) is 9.34. The third-order valence-electron chi connectivity index (χ3n) is 6.72. The fourth-order valence-corrected chi connectivity index (χ4v) is 4.72. The van der Waals surface area contributed by atoms with Crippen LogP contribution in [0, 0.1) is 12.7 Å². The third kappa shape index (κ3) is 5.10. The Hall–Kier alpha value is -4.82. The molecule has 1 aromatic carbocycles. The standard InChI is InChI=1S/C26H22F5N7O3/c1-12-15(20-8-17(26(29,30)31)21-22(32)33-11-34-38(20)21)7-16(24(35-12)41-2)23(39)36-19-10-37(9-18(19)28)25(40)13-3-5-14(27)6-4-13/h3-8,11,18-19H,9-10H2,1-2H3,(H,36,39)(H2,32,33,34)/t18-,19?/m0/s1. The fourth-order valence-electron chi connectivity index (χ4n) is 4.72. The highest BCUT2D eigenvalue weighted by Crippen LogP contribution is 2.39. The second-order valence-corrected chi connectivity index (χ2v) is 9.34. The summed E-state index contributed by atoms with van der Waals surface area (Å²) < 4.78 is 75.8. The maximum Gasteiger partial charge on any atom is 0.418 e. The molecular weight excluding hydrogens is 553 g/mol. The van der Waals surface area contributed by atoms with E-state index < -0.39 is 52.9 Å². The topological polar surface area (TPSA) is 128 Å². The van der Waals surface area contributed by atoms with Crippen LogP contribution in [0.15, 0.2) is 42.7 Å². The third-order valence-corrected chi connectivity index (χ3v) is 6.72. The number of amides is 2. The van der Waals surface area contributed by atoms with Crippen molar-refractivity contribution in [1.29, 1.82) is 0 Å². The second kappa shape index (κ2) is 10.3. The van der Waals surface area contributed by atoms with Gasteiger partial charge in [0.25, 0.3) is 11.8 Å². The van der Waals surface area contributed by atoms with Crippen LogP contribution in [-0.4, -0.2) is 68.7 Å². The highest BCUT2D eigenvalue weighted by Gasteiger charge is 2.39. The number of aryl methyl sites for hydroxylation is 1. The van der Waals surface area contributed by atoms with E-state index in [0.717, 1.165) is 29.0 Å². The summed E-state index contributed by atoms with van der Waals surface area (Å²) in [4.78, 5) is 35.1. The number of nitrogens with one attached hydrogen (secondary N) is 1. The Labute approximate surface area is 228 Å². The quantitative estimate of drug-likeness (QED) is 0.349. The van der Waals surface area contributed by atoms with Crippen LogP contribution in [0.25, 0.3) is 16.8 Å². The predicted molar refractivity (Wildman–Crippen MR) is 135 cm³/mol. The van der Waals surface area contributed by atoms with Gasteiger partial charge in [0.2, 0.25) is 5.88 Å². The first kappa shape index (κ1) is 27.7. The van der Waals surface area contributed by atoms with E-state index in [9.17, 15) is 31.5 Å². The Balaban J connectivity index is 1.46. The van der Waals surface area contributed by atoms with E-state index in [1.165, 1.54) is 37.1 Å². The van der Waals surface area contributed by atoms with Crippen LogP contribution in [0.4, 0.5) is 27.8 Å². The molecule has 0 spiro atoms. The van der Waals surface area contributed by atoms with Gasteiger partial charge >= 0.3 is 6.18 Å². The molecule has 4 heterocycles. The molecule has 0 aliphatic carbocycles. The van der Waals surface area contributed by atoms with E-state index >= 15 is 0 Å². The lowest BCUT2D eigenvalue weighted by molar-refractivity contribution is -0.136. The molecule has 15 heteroatoms. The summed E-state index contributed by atoms with van der Waals surface area (Å²) in [6, 6.07) is 5.74. The number of halogens is 5. The number of carbonyl (C=O) groups excluding carboxylic acids is 2. The summed E-state index contributed by atoms with van der Waals surface area (Å²) in [5.74, 6) is -2.45. The number of aromatic nitrogens is 4. The number of carbonyl (C=O) groups is 2. The SMILES string of the molecule is COc1nc(C)c(-c2cc(C(F)(F)F)c3c(N)ncnn23)cc1C(=O)NC1CN(C(=O)c2ccc(F)cc2)C[C@@H]1F. The number of pyridine rings is 1. The number of hydrogen-bond donors (Lipinski definition) is 2. The average molecular weight is 575 g/mol. The van der Waals surface area contributed by atoms with Gasteiger partial charge < -0.3 is 20.7 Å². The van der Waals surface area contributed by atoms with Gasteiger partial charge in [-0.2, -0.15) is 18.3 Å². The van der Waals surface area contributed by atoms with Crippen molar-refractivity contribution in [2.24, 2.45) is 0 Å². The molecule has 1 fully saturated rings. The molecule has 2 amide bonds.